The van der Waals surface area contributed by atoms with Crippen molar-refractivity contribution in [3.05, 3.63) is 0 Å². The van der Waals surface area contributed by atoms with Crippen molar-refractivity contribution in [2.75, 3.05) is 11.5 Å². The molecule has 0 aromatic rings. The average molecular weight is 240 g/mol. The maximum absolute atomic E-state index is 12.4. The molecule has 4 heteroatoms. The summed E-state index contributed by atoms with van der Waals surface area (Å²) in [6.45, 7) is 4.42. The molecule has 1 saturated carbocycles. The second-order valence-corrected chi connectivity index (χ2v) is 6.79. The number of thioether (sulfide) groups is 1. The van der Waals surface area contributed by atoms with Crippen molar-refractivity contribution in [3.63, 3.8) is 0 Å². The molecule has 0 aromatic carbocycles. The highest BCUT2D eigenvalue weighted by atomic mass is 32.2. The fraction of sp³-hybridized carbons (Fsp3) is 0.917. The Hall–Kier alpha value is -0.220. The van der Waals surface area contributed by atoms with Crippen LogP contribution in [0.1, 0.15) is 33.1 Å². The second kappa shape index (κ2) is 3.64. The van der Waals surface area contributed by atoms with E-state index in [2.05, 4.69) is 24.1 Å². The Balaban J connectivity index is 1.84. The minimum Gasteiger partial charge on any atom is -0.321 e. The summed E-state index contributed by atoms with van der Waals surface area (Å²) in [6.07, 6.45) is 3.55. The molecule has 0 aromatic heterocycles. The molecule has 2 unspecified atom stereocenters. The van der Waals surface area contributed by atoms with E-state index in [4.69, 9.17) is 0 Å². The van der Waals surface area contributed by atoms with Gasteiger partial charge in [-0.2, -0.15) is 11.8 Å². The van der Waals surface area contributed by atoms with Crippen LogP contribution in [0, 0.1) is 5.92 Å². The van der Waals surface area contributed by atoms with Gasteiger partial charge < -0.3 is 4.90 Å². The number of amides is 1. The van der Waals surface area contributed by atoms with Crippen LogP contribution < -0.4 is 5.32 Å². The molecule has 1 spiro atoms. The van der Waals surface area contributed by atoms with Crippen LogP contribution in [0.3, 0.4) is 0 Å². The summed E-state index contributed by atoms with van der Waals surface area (Å²) in [4.78, 5) is 14.6. The van der Waals surface area contributed by atoms with Gasteiger partial charge in [-0.3, -0.25) is 10.1 Å². The van der Waals surface area contributed by atoms with E-state index < -0.39 is 0 Å². The quantitative estimate of drug-likeness (QED) is 0.792. The third-order valence-electron chi connectivity index (χ3n) is 4.05. The lowest BCUT2D eigenvalue weighted by molar-refractivity contribution is -0.133. The Morgan fingerprint density at radius 2 is 2.25 bits per heavy atom. The normalized spacial score (nSPS) is 36.7. The van der Waals surface area contributed by atoms with Crippen LogP contribution in [0.4, 0.5) is 0 Å². The van der Waals surface area contributed by atoms with Gasteiger partial charge in [-0.1, -0.05) is 13.8 Å². The van der Waals surface area contributed by atoms with Crippen molar-refractivity contribution in [2.45, 2.75) is 50.9 Å². The Bertz CT molecular complexity index is 308. The number of carbonyl (C=O) groups is 1. The first kappa shape index (κ1) is 10.9. The maximum atomic E-state index is 12.4. The molecule has 1 aliphatic carbocycles. The van der Waals surface area contributed by atoms with Crippen LogP contribution in [0.25, 0.3) is 0 Å². The van der Waals surface area contributed by atoms with E-state index in [1.807, 2.05) is 11.8 Å². The van der Waals surface area contributed by atoms with Gasteiger partial charge in [0.25, 0.3) is 0 Å². The molecule has 0 bridgehead atoms. The monoisotopic (exact) mass is 240 g/mol. The summed E-state index contributed by atoms with van der Waals surface area (Å²) in [7, 11) is 0. The van der Waals surface area contributed by atoms with Crippen molar-refractivity contribution < 1.29 is 4.79 Å². The summed E-state index contributed by atoms with van der Waals surface area (Å²) < 4.78 is 0. The molecule has 3 rings (SSSR count). The smallest absolute Gasteiger partial charge is 0.244 e. The molecule has 16 heavy (non-hydrogen) atoms. The first-order valence-electron chi connectivity index (χ1n) is 6.32. The summed E-state index contributed by atoms with van der Waals surface area (Å²) in [5.74, 6) is 3.24. The highest BCUT2D eigenvalue weighted by Gasteiger charge is 2.60. The molecule has 3 aliphatic rings. The van der Waals surface area contributed by atoms with Crippen molar-refractivity contribution in [2.24, 2.45) is 5.92 Å². The van der Waals surface area contributed by atoms with E-state index in [1.54, 1.807) is 0 Å². The van der Waals surface area contributed by atoms with Crippen LogP contribution in [0.5, 0.6) is 0 Å². The van der Waals surface area contributed by atoms with Gasteiger partial charge in [0.15, 0.2) is 0 Å². The number of nitrogens with zero attached hydrogens (tertiary/aromatic N) is 1. The molecule has 2 aliphatic heterocycles. The van der Waals surface area contributed by atoms with Crippen LogP contribution in [-0.4, -0.2) is 40.1 Å². The van der Waals surface area contributed by atoms with Crippen LogP contribution >= 0.6 is 11.8 Å². The van der Waals surface area contributed by atoms with E-state index in [-0.39, 0.29) is 11.7 Å². The SMILES string of the molecule is CC(C)C1NC2(CC2)C(=O)N1C1CCSC1. The van der Waals surface area contributed by atoms with E-state index in [0.29, 0.717) is 17.9 Å². The lowest BCUT2D eigenvalue weighted by Gasteiger charge is -2.32. The Kier molecular flexibility index (Phi) is 2.48. The molecule has 0 radical (unpaired) electrons. The van der Waals surface area contributed by atoms with Gasteiger partial charge in [0.1, 0.15) is 0 Å². The minimum atomic E-state index is -0.137. The van der Waals surface area contributed by atoms with Crippen LogP contribution in [-0.2, 0) is 4.79 Å². The number of hydrogen-bond acceptors (Lipinski definition) is 3. The van der Waals surface area contributed by atoms with Crippen molar-refractivity contribution in [1.29, 1.82) is 0 Å². The zero-order chi connectivity index (χ0) is 11.3. The molecule has 3 fully saturated rings. The summed E-state index contributed by atoms with van der Waals surface area (Å²) in [5, 5.41) is 3.58. The van der Waals surface area contributed by atoms with Gasteiger partial charge in [-0.25, -0.2) is 0 Å². The topological polar surface area (TPSA) is 32.3 Å². The number of hydrogen-bond donors (Lipinski definition) is 1. The highest BCUT2D eigenvalue weighted by Crippen LogP contribution is 2.45. The Morgan fingerprint density at radius 1 is 1.50 bits per heavy atom. The van der Waals surface area contributed by atoms with Gasteiger partial charge >= 0.3 is 0 Å². The predicted octanol–water partition coefficient (Wildman–Crippen LogP) is 1.44. The number of rotatable bonds is 2. The largest absolute Gasteiger partial charge is 0.321 e. The van der Waals surface area contributed by atoms with Gasteiger partial charge in [0, 0.05) is 11.8 Å². The first-order valence-corrected chi connectivity index (χ1v) is 7.48. The molecular formula is C12H20N2OS. The lowest BCUT2D eigenvalue weighted by atomic mass is 10.1. The second-order valence-electron chi connectivity index (χ2n) is 5.65. The molecule has 90 valence electrons. The Labute approximate surface area is 101 Å². The van der Waals surface area contributed by atoms with Gasteiger partial charge in [-0.05, 0) is 30.9 Å². The molecule has 1 N–H and O–H groups in total. The third kappa shape index (κ3) is 1.50. The zero-order valence-corrected chi connectivity index (χ0v) is 10.8. The lowest BCUT2D eigenvalue weighted by Crippen LogP contribution is -2.47. The maximum Gasteiger partial charge on any atom is 0.244 e. The summed E-state index contributed by atoms with van der Waals surface area (Å²) >= 11 is 1.98. The van der Waals surface area contributed by atoms with Gasteiger partial charge in [-0.15, -0.1) is 0 Å². The fourth-order valence-electron chi connectivity index (χ4n) is 2.89. The molecule has 2 heterocycles. The van der Waals surface area contributed by atoms with E-state index in [0.717, 1.165) is 18.6 Å². The molecule has 2 atom stereocenters. The summed E-state index contributed by atoms with van der Waals surface area (Å²) in [6, 6.07) is 0.484. The van der Waals surface area contributed by atoms with Gasteiger partial charge in [0.2, 0.25) is 5.91 Å². The molecular weight excluding hydrogens is 220 g/mol. The highest BCUT2D eigenvalue weighted by molar-refractivity contribution is 7.99. The average Bonchev–Trinajstić information content (AvgIpc) is 2.70. The fourth-order valence-corrected chi connectivity index (χ4v) is 4.10. The van der Waals surface area contributed by atoms with Crippen molar-refractivity contribution in [3.8, 4) is 0 Å². The molecule has 3 nitrogen and oxygen atoms in total. The van der Waals surface area contributed by atoms with Crippen molar-refractivity contribution >= 4 is 17.7 Å². The van der Waals surface area contributed by atoms with Crippen LogP contribution in [0.2, 0.25) is 0 Å². The third-order valence-corrected chi connectivity index (χ3v) is 5.19. The van der Waals surface area contributed by atoms with Crippen molar-refractivity contribution in [1.82, 2.24) is 10.2 Å². The van der Waals surface area contributed by atoms with Gasteiger partial charge in [0.05, 0.1) is 11.7 Å². The molecule has 2 saturated heterocycles. The minimum absolute atomic E-state index is 0.137. The van der Waals surface area contributed by atoms with Crippen LogP contribution in [0.15, 0.2) is 0 Å². The number of nitrogens with one attached hydrogen (secondary N) is 1. The van der Waals surface area contributed by atoms with E-state index in [9.17, 15) is 4.79 Å². The Morgan fingerprint density at radius 3 is 2.75 bits per heavy atom. The standard InChI is InChI=1S/C12H20N2OS/c1-8(2)10-13-12(4-5-12)11(15)14(10)9-3-6-16-7-9/h8-10,13H,3-7H2,1-2H3. The first-order chi connectivity index (χ1) is 7.64. The molecule has 1 amide bonds. The van der Waals surface area contributed by atoms with E-state index >= 15 is 0 Å². The zero-order valence-electron chi connectivity index (χ0n) is 10.0. The summed E-state index contributed by atoms with van der Waals surface area (Å²) in [5.41, 5.74) is -0.137. The van der Waals surface area contributed by atoms with E-state index in [1.165, 1.54) is 12.2 Å². The predicted molar refractivity (Wildman–Crippen MR) is 66.3 cm³/mol. The number of carbonyl (C=O) groups excluding carboxylic acids is 1.